The van der Waals surface area contributed by atoms with Gasteiger partial charge in [-0.1, -0.05) is 30.3 Å². The summed E-state index contributed by atoms with van der Waals surface area (Å²) in [6.45, 7) is 3.54. The zero-order valence-electron chi connectivity index (χ0n) is 23.6. The summed E-state index contributed by atoms with van der Waals surface area (Å²) in [7, 11) is 0. The third kappa shape index (κ3) is 4.28. The van der Waals surface area contributed by atoms with Gasteiger partial charge >= 0.3 is 11.9 Å². The highest BCUT2D eigenvalue weighted by atomic mass is 19.1. The number of quaternary nitrogens is 1. The third-order valence-corrected chi connectivity index (χ3v) is 9.80. The first-order valence-corrected chi connectivity index (χ1v) is 14.6. The van der Waals surface area contributed by atoms with Gasteiger partial charge in [-0.05, 0) is 63.1 Å². The van der Waals surface area contributed by atoms with Crippen molar-refractivity contribution < 1.29 is 23.5 Å². The number of alkyl halides is 1. The summed E-state index contributed by atoms with van der Waals surface area (Å²) < 4.78 is 20.5. The topological polar surface area (TPSA) is 117 Å². The third-order valence-electron chi connectivity index (χ3n) is 9.80. The number of likely N-dealkylation sites (tertiary alicyclic amines) is 1. The quantitative estimate of drug-likeness (QED) is 0.340. The number of hydrogen-bond donors (Lipinski definition) is 2. The first-order valence-electron chi connectivity index (χ1n) is 14.6. The molecule has 216 valence electrons. The molecule has 2 amide bonds. The molecule has 1 unspecified atom stereocenters. The molecule has 0 bridgehead atoms. The zero-order valence-corrected chi connectivity index (χ0v) is 23.6. The summed E-state index contributed by atoms with van der Waals surface area (Å²) in [4.78, 5) is 40.8. The number of esters is 1. The average Bonchev–Trinajstić information content (AvgIpc) is 3.63. The molecule has 3 aliphatic rings. The summed E-state index contributed by atoms with van der Waals surface area (Å²) in [5.74, 6) is -1.40. The molecule has 1 saturated carbocycles. The maximum absolute atomic E-state index is 14.8. The number of ether oxygens (including phenoxy) is 1. The van der Waals surface area contributed by atoms with Crippen molar-refractivity contribution in [3.05, 3.63) is 65.9 Å². The van der Waals surface area contributed by atoms with Crippen LogP contribution in [0.4, 0.5) is 10.1 Å². The molecule has 1 aliphatic carbocycles. The van der Waals surface area contributed by atoms with Gasteiger partial charge in [0.1, 0.15) is 18.1 Å². The monoisotopic (exact) mass is 561 g/mol. The van der Waals surface area contributed by atoms with Gasteiger partial charge in [-0.15, -0.1) is 0 Å². The maximum atomic E-state index is 14.8. The van der Waals surface area contributed by atoms with E-state index in [2.05, 4.69) is 0 Å². The molecule has 8 nitrogen and oxygen atoms in total. The Morgan fingerprint density at radius 1 is 1.07 bits per heavy atom. The number of cyclic esters (lactones) is 1. The van der Waals surface area contributed by atoms with Gasteiger partial charge in [-0.2, -0.15) is 0 Å². The highest BCUT2D eigenvalue weighted by molar-refractivity contribution is 6.02. The first-order chi connectivity index (χ1) is 19.6. The second kappa shape index (κ2) is 10.1. The fraction of sp³-hybridized carbons (Fsp3) is 0.469. The highest BCUT2D eigenvalue weighted by Gasteiger charge is 2.59. The first kappa shape index (κ1) is 27.6. The van der Waals surface area contributed by atoms with Crippen LogP contribution in [0.1, 0.15) is 67.9 Å². The van der Waals surface area contributed by atoms with Crippen molar-refractivity contribution in [3.8, 4) is 0 Å². The number of benzene rings is 2. The van der Waals surface area contributed by atoms with Gasteiger partial charge in [-0.25, -0.2) is 18.5 Å². The Labute approximate surface area is 239 Å². The Morgan fingerprint density at radius 3 is 2.44 bits per heavy atom. The SMILES string of the molecule is CC1(C)OC(=O)c2cc3cc([N+]4(C(=O)[C@H]5CC[C@H]([C@H](N)CF)CC5)CC[C@H](c5ccccc5)[C@H]4C(N)=O)ccc3n21. The molecule has 4 atom stereocenters. The Hall–Kier alpha value is -3.56. The van der Waals surface area contributed by atoms with Gasteiger partial charge in [0.2, 0.25) is 0 Å². The highest BCUT2D eigenvalue weighted by Crippen LogP contribution is 2.47. The van der Waals surface area contributed by atoms with Crippen LogP contribution in [-0.4, -0.2) is 47.7 Å². The maximum Gasteiger partial charge on any atom is 0.357 e. The Kier molecular flexibility index (Phi) is 6.77. The largest absolute Gasteiger partial charge is 0.434 e. The van der Waals surface area contributed by atoms with E-state index in [1.165, 1.54) is 0 Å². The van der Waals surface area contributed by atoms with Crippen LogP contribution in [0.15, 0.2) is 54.6 Å². The molecule has 0 spiro atoms. The molecule has 1 aromatic heterocycles. The summed E-state index contributed by atoms with van der Waals surface area (Å²) in [5, 5.41) is 0.802. The van der Waals surface area contributed by atoms with Crippen LogP contribution in [0.3, 0.4) is 0 Å². The number of nitrogens with two attached hydrogens (primary N) is 2. The van der Waals surface area contributed by atoms with E-state index in [0.29, 0.717) is 50.0 Å². The van der Waals surface area contributed by atoms with E-state index in [1.54, 1.807) is 6.07 Å². The van der Waals surface area contributed by atoms with Crippen LogP contribution in [0.5, 0.6) is 0 Å². The van der Waals surface area contributed by atoms with E-state index in [0.717, 1.165) is 16.5 Å². The van der Waals surface area contributed by atoms with Crippen LogP contribution in [0.2, 0.25) is 0 Å². The van der Waals surface area contributed by atoms with Crippen molar-refractivity contribution in [1.82, 2.24) is 9.05 Å². The number of nitrogens with zero attached hydrogens (tertiary/aromatic N) is 2. The molecule has 2 aromatic carbocycles. The van der Waals surface area contributed by atoms with Gasteiger partial charge in [-0.3, -0.25) is 9.36 Å². The summed E-state index contributed by atoms with van der Waals surface area (Å²) in [5.41, 5.74) is 14.3. The number of primary amides is 1. The minimum Gasteiger partial charge on any atom is -0.434 e. The van der Waals surface area contributed by atoms with Crippen molar-refractivity contribution in [2.45, 2.75) is 69.7 Å². The number of halogens is 1. The number of rotatable bonds is 6. The van der Waals surface area contributed by atoms with Crippen LogP contribution < -0.4 is 16.0 Å². The lowest BCUT2D eigenvalue weighted by Crippen LogP contribution is -2.64. The Bertz CT molecular complexity index is 1510. The van der Waals surface area contributed by atoms with Crippen LogP contribution in [0.25, 0.3) is 10.9 Å². The summed E-state index contributed by atoms with van der Waals surface area (Å²) in [6, 6.07) is 16.0. The van der Waals surface area contributed by atoms with Crippen molar-refractivity contribution in [3.63, 3.8) is 0 Å². The van der Waals surface area contributed by atoms with E-state index < -0.39 is 36.4 Å². The van der Waals surface area contributed by atoms with E-state index in [1.807, 2.05) is 66.9 Å². The number of carbonyl (C=O) groups is 3. The second-order valence-electron chi connectivity index (χ2n) is 12.5. The lowest BCUT2D eigenvalue weighted by molar-refractivity contribution is -0.141. The minimum atomic E-state index is -0.835. The normalized spacial score (nSPS) is 29.7. The van der Waals surface area contributed by atoms with Gasteiger partial charge in [0.05, 0.1) is 23.9 Å². The minimum absolute atomic E-state index is 0.0228. The number of amides is 2. The van der Waals surface area contributed by atoms with E-state index >= 15 is 0 Å². The van der Waals surface area contributed by atoms with E-state index in [-0.39, 0.29) is 28.1 Å². The number of aromatic nitrogens is 1. The van der Waals surface area contributed by atoms with Crippen LogP contribution in [0, 0.1) is 11.8 Å². The molecule has 3 aromatic rings. The van der Waals surface area contributed by atoms with Crippen molar-refractivity contribution in [1.29, 1.82) is 0 Å². The molecule has 3 heterocycles. The predicted octanol–water partition coefficient (Wildman–Crippen LogP) is 4.48. The molecular weight excluding hydrogens is 523 g/mol. The molecule has 4 N–H and O–H groups in total. The van der Waals surface area contributed by atoms with Crippen molar-refractivity contribution in [2.75, 3.05) is 13.2 Å². The van der Waals surface area contributed by atoms with Gasteiger partial charge in [0.15, 0.2) is 11.8 Å². The van der Waals surface area contributed by atoms with Crippen molar-refractivity contribution >= 4 is 34.4 Å². The van der Waals surface area contributed by atoms with Gasteiger partial charge < -0.3 is 16.2 Å². The average molecular weight is 562 g/mol. The van der Waals surface area contributed by atoms with E-state index in [9.17, 15) is 18.8 Å². The molecule has 2 aliphatic heterocycles. The molecule has 2 fully saturated rings. The second-order valence-corrected chi connectivity index (χ2v) is 12.5. The lowest BCUT2D eigenvalue weighted by atomic mass is 9.77. The summed E-state index contributed by atoms with van der Waals surface area (Å²) in [6.07, 6.45) is 3.17. The Morgan fingerprint density at radius 2 is 1.78 bits per heavy atom. The molecule has 9 heteroatoms. The van der Waals surface area contributed by atoms with Crippen LogP contribution in [-0.2, 0) is 20.1 Å². The fourth-order valence-electron chi connectivity index (χ4n) is 7.83. The zero-order chi connectivity index (χ0) is 29.1. The van der Waals surface area contributed by atoms with E-state index in [4.69, 9.17) is 16.2 Å². The predicted molar refractivity (Wildman–Crippen MR) is 155 cm³/mol. The summed E-state index contributed by atoms with van der Waals surface area (Å²) >= 11 is 0. The van der Waals surface area contributed by atoms with Gasteiger partial charge in [0.25, 0.3) is 5.91 Å². The molecular formula is C32H38FN4O4+. The van der Waals surface area contributed by atoms with Crippen molar-refractivity contribution in [2.24, 2.45) is 23.3 Å². The molecule has 41 heavy (non-hydrogen) atoms. The molecule has 1 saturated heterocycles. The van der Waals surface area contributed by atoms with Crippen LogP contribution >= 0.6 is 0 Å². The van der Waals surface area contributed by atoms with Gasteiger partial charge in [0, 0.05) is 30.0 Å². The lowest BCUT2D eigenvalue weighted by Gasteiger charge is -2.41. The molecule has 6 rings (SSSR count). The Balaban J connectivity index is 1.47. The number of fused-ring (bicyclic) bond motifs is 3. The number of carbonyl (C=O) groups excluding carboxylic acids is 3. The fourth-order valence-corrected chi connectivity index (χ4v) is 7.83. The smallest absolute Gasteiger partial charge is 0.357 e. The number of hydrogen-bond acceptors (Lipinski definition) is 5. The molecule has 0 radical (unpaired) electrons. The standard InChI is InChI=1S/C32H37FN4O4/c1-32(2)36-26-13-12-23(16-22(26)17-27(36)31(40)41-32)37(30(39)21-10-8-20(9-11-21)25(34)18-33)15-14-24(28(37)29(35)38)19-6-4-3-5-7-19/h3-7,12-13,16-17,20-21,24-25,28H,8-11,14-15,18,34H2,1-2H3,(H-,35,38)/p+1/t20-,21-,24-,25-,28+,37?/m1/s1.